The maximum atomic E-state index is 5.35. The maximum absolute atomic E-state index is 5.35. The van der Waals surface area contributed by atoms with Gasteiger partial charge in [0, 0.05) is 36.4 Å². The molecule has 0 N–H and O–H groups in total. The normalized spacial score (nSPS) is 11.0. The molecule has 4 rings (SSSR count). The lowest BCUT2D eigenvalue weighted by atomic mass is 10.2. The molecule has 1 aromatic carbocycles. The number of rotatable bonds is 3. The minimum atomic E-state index is 0.637. The summed E-state index contributed by atoms with van der Waals surface area (Å²) in [6.45, 7) is 0. The monoisotopic (exact) mass is 307 g/mol. The molecule has 7 nitrogen and oxygen atoms in total. The van der Waals surface area contributed by atoms with Gasteiger partial charge in [-0.25, -0.2) is 9.50 Å². The second-order valence-corrected chi connectivity index (χ2v) is 4.93. The number of hydrogen-bond donors (Lipinski definition) is 0. The highest BCUT2D eigenvalue weighted by Gasteiger charge is 2.13. The molecule has 3 aromatic heterocycles. The molecule has 0 radical (unpaired) electrons. The number of ether oxygens (including phenoxy) is 2. The Morgan fingerprint density at radius 3 is 2.52 bits per heavy atom. The van der Waals surface area contributed by atoms with Gasteiger partial charge in [0.05, 0.1) is 37.0 Å². The zero-order chi connectivity index (χ0) is 15.8. The summed E-state index contributed by atoms with van der Waals surface area (Å²) in [6.07, 6.45) is 8.62. The fraction of sp³-hybridized carbons (Fsp3) is 0.125. The zero-order valence-electron chi connectivity index (χ0n) is 12.6. The second-order valence-electron chi connectivity index (χ2n) is 4.93. The Kier molecular flexibility index (Phi) is 3.04. The van der Waals surface area contributed by atoms with Crippen LogP contribution in [0.1, 0.15) is 0 Å². The van der Waals surface area contributed by atoms with Crippen LogP contribution in [0.2, 0.25) is 0 Å². The van der Waals surface area contributed by atoms with Crippen LogP contribution in [-0.2, 0) is 0 Å². The molecular formula is C16H13N5O2. The van der Waals surface area contributed by atoms with Gasteiger partial charge in [-0.15, -0.1) is 0 Å². The predicted molar refractivity (Wildman–Crippen MR) is 84.6 cm³/mol. The second kappa shape index (κ2) is 5.20. The van der Waals surface area contributed by atoms with Crippen molar-refractivity contribution >= 4 is 16.6 Å². The molecule has 0 fully saturated rings. The Balaban J connectivity index is 1.94. The van der Waals surface area contributed by atoms with Gasteiger partial charge in [0.1, 0.15) is 0 Å². The average Bonchev–Trinajstić information content (AvgIpc) is 2.97. The lowest BCUT2D eigenvalue weighted by molar-refractivity contribution is 0.356. The van der Waals surface area contributed by atoms with E-state index in [1.165, 1.54) is 0 Å². The number of hydrogen-bond acceptors (Lipinski definition) is 6. The van der Waals surface area contributed by atoms with Crippen molar-refractivity contribution in [3.05, 3.63) is 43.1 Å². The molecule has 0 saturated heterocycles. The first-order chi connectivity index (χ1) is 11.3. The summed E-state index contributed by atoms with van der Waals surface area (Å²) in [7, 11) is 3.21. The minimum Gasteiger partial charge on any atom is -0.493 e. The number of benzene rings is 1. The topological polar surface area (TPSA) is 74.4 Å². The molecule has 7 heteroatoms. The van der Waals surface area contributed by atoms with Gasteiger partial charge >= 0.3 is 0 Å². The Bertz CT molecular complexity index is 998. The molecule has 0 amide bonds. The summed E-state index contributed by atoms with van der Waals surface area (Å²) in [4.78, 5) is 12.9. The summed E-state index contributed by atoms with van der Waals surface area (Å²) in [6, 6.07) is 3.72. The van der Waals surface area contributed by atoms with Crippen LogP contribution in [0, 0.1) is 0 Å². The van der Waals surface area contributed by atoms with Gasteiger partial charge in [0.15, 0.2) is 17.1 Å². The van der Waals surface area contributed by atoms with Crippen molar-refractivity contribution in [3.63, 3.8) is 0 Å². The molecule has 0 aliphatic carbocycles. The van der Waals surface area contributed by atoms with E-state index in [-0.39, 0.29) is 0 Å². The van der Waals surface area contributed by atoms with Crippen molar-refractivity contribution in [3.8, 4) is 22.8 Å². The smallest absolute Gasteiger partial charge is 0.163 e. The highest BCUT2D eigenvalue weighted by molar-refractivity contribution is 5.94. The Hall–Kier alpha value is -3.22. The molecule has 0 aliphatic rings. The third kappa shape index (κ3) is 2.13. The first kappa shape index (κ1) is 13.4. The van der Waals surface area contributed by atoms with Gasteiger partial charge in [0.25, 0.3) is 0 Å². The zero-order valence-corrected chi connectivity index (χ0v) is 12.6. The number of fused-ring (bicyclic) bond motifs is 3. The van der Waals surface area contributed by atoms with Crippen LogP contribution in [0.3, 0.4) is 0 Å². The van der Waals surface area contributed by atoms with E-state index < -0.39 is 0 Å². The van der Waals surface area contributed by atoms with E-state index >= 15 is 0 Å². The number of aromatic nitrogens is 5. The molecule has 0 bridgehead atoms. The van der Waals surface area contributed by atoms with Crippen LogP contribution < -0.4 is 9.47 Å². The van der Waals surface area contributed by atoms with Crippen LogP contribution in [0.4, 0.5) is 0 Å². The Labute approximate surface area is 131 Å². The van der Waals surface area contributed by atoms with Gasteiger partial charge < -0.3 is 9.47 Å². The van der Waals surface area contributed by atoms with Crippen molar-refractivity contribution in [1.82, 2.24) is 24.6 Å². The summed E-state index contributed by atoms with van der Waals surface area (Å²) >= 11 is 0. The highest BCUT2D eigenvalue weighted by atomic mass is 16.5. The molecule has 23 heavy (non-hydrogen) atoms. The van der Waals surface area contributed by atoms with Gasteiger partial charge in [-0.05, 0) is 6.07 Å². The van der Waals surface area contributed by atoms with Crippen molar-refractivity contribution in [2.75, 3.05) is 14.2 Å². The van der Waals surface area contributed by atoms with Crippen LogP contribution in [0.25, 0.3) is 27.8 Å². The van der Waals surface area contributed by atoms with E-state index in [9.17, 15) is 0 Å². The van der Waals surface area contributed by atoms with Crippen molar-refractivity contribution < 1.29 is 9.47 Å². The molecule has 3 heterocycles. The van der Waals surface area contributed by atoms with Gasteiger partial charge in [-0.1, -0.05) is 0 Å². The van der Waals surface area contributed by atoms with E-state index in [2.05, 4.69) is 20.1 Å². The Morgan fingerprint density at radius 2 is 1.78 bits per heavy atom. The number of methoxy groups -OCH3 is 2. The summed E-state index contributed by atoms with van der Waals surface area (Å²) in [5.41, 5.74) is 3.12. The van der Waals surface area contributed by atoms with Crippen molar-refractivity contribution in [1.29, 1.82) is 0 Å². The van der Waals surface area contributed by atoms with Crippen LogP contribution in [0.15, 0.2) is 43.1 Å². The summed E-state index contributed by atoms with van der Waals surface area (Å²) in [5.74, 6) is 1.28. The molecule has 0 unspecified atom stereocenters. The molecule has 4 aromatic rings. The molecule has 0 saturated carbocycles. The van der Waals surface area contributed by atoms with E-state index in [1.807, 2.05) is 18.3 Å². The molecule has 0 spiro atoms. The standard InChI is InChI=1S/C16H13N5O2/c1-22-14-5-11-12(6-15(14)23-2)20-21-9-10(7-19-16(11)21)13-8-17-3-4-18-13/h3-9H,1-2H3. The van der Waals surface area contributed by atoms with E-state index in [1.54, 1.807) is 43.5 Å². The third-order valence-electron chi connectivity index (χ3n) is 3.62. The van der Waals surface area contributed by atoms with Crippen molar-refractivity contribution in [2.24, 2.45) is 0 Å². The van der Waals surface area contributed by atoms with Gasteiger partial charge in [-0.3, -0.25) is 9.97 Å². The summed E-state index contributed by atoms with van der Waals surface area (Å²) < 4.78 is 12.4. The van der Waals surface area contributed by atoms with Crippen LogP contribution in [0.5, 0.6) is 11.5 Å². The molecule has 0 atom stereocenters. The molecule has 114 valence electrons. The lowest BCUT2D eigenvalue weighted by Gasteiger charge is -2.06. The quantitative estimate of drug-likeness (QED) is 0.578. The SMILES string of the molecule is COc1cc2nn3cc(-c4cnccn4)cnc3c2cc1OC. The average molecular weight is 307 g/mol. The van der Waals surface area contributed by atoms with E-state index in [0.717, 1.165) is 27.8 Å². The molecule has 0 aliphatic heterocycles. The van der Waals surface area contributed by atoms with Crippen LogP contribution >= 0.6 is 0 Å². The fourth-order valence-electron chi connectivity index (χ4n) is 2.51. The molecular weight excluding hydrogens is 294 g/mol. The Morgan fingerprint density at radius 1 is 0.957 bits per heavy atom. The first-order valence-electron chi connectivity index (χ1n) is 6.96. The van der Waals surface area contributed by atoms with E-state index in [0.29, 0.717) is 11.5 Å². The van der Waals surface area contributed by atoms with Gasteiger partial charge in [0.2, 0.25) is 0 Å². The van der Waals surface area contributed by atoms with Crippen LogP contribution in [-0.4, -0.2) is 38.8 Å². The predicted octanol–water partition coefficient (Wildman–Crippen LogP) is 2.36. The maximum Gasteiger partial charge on any atom is 0.163 e. The highest BCUT2D eigenvalue weighted by Crippen LogP contribution is 2.33. The van der Waals surface area contributed by atoms with Gasteiger partial charge in [-0.2, -0.15) is 5.10 Å². The van der Waals surface area contributed by atoms with E-state index in [4.69, 9.17) is 9.47 Å². The summed E-state index contributed by atoms with van der Waals surface area (Å²) in [5, 5.41) is 5.45. The number of nitrogens with zero attached hydrogens (tertiary/aromatic N) is 5. The van der Waals surface area contributed by atoms with Crippen molar-refractivity contribution in [2.45, 2.75) is 0 Å². The first-order valence-corrected chi connectivity index (χ1v) is 6.96. The lowest BCUT2D eigenvalue weighted by Crippen LogP contribution is -1.93. The minimum absolute atomic E-state index is 0.637. The fourth-order valence-corrected chi connectivity index (χ4v) is 2.51. The third-order valence-corrected chi connectivity index (χ3v) is 3.62. The largest absolute Gasteiger partial charge is 0.493 e.